The average Bonchev–Trinajstić information content (AvgIpc) is 2.61. The molecule has 0 aromatic heterocycles. The first kappa shape index (κ1) is 19.7. The Morgan fingerprint density at radius 3 is 2.67 bits per heavy atom. The molecule has 0 radical (unpaired) electrons. The van der Waals surface area contributed by atoms with E-state index in [0.29, 0.717) is 28.3 Å². The Kier molecular flexibility index (Phi) is 6.33. The van der Waals surface area contributed by atoms with Crippen LogP contribution in [-0.4, -0.2) is 23.5 Å². The van der Waals surface area contributed by atoms with E-state index in [4.69, 9.17) is 10.00 Å². The summed E-state index contributed by atoms with van der Waals surface area (Å²) in [5.74, 6) is 0.147. The molecule has 0 spiro atoms. The Morgan fingerprint density at radius 1 is 1.30 bits per heavy atom. The van der Waals surface area contributed by atoms with E-state index in [0.717, 1.165) is 0 Å². The minimum absolute atomic E-state index is 0.0601. The van der Waals surface area contributed by atoms with Crippen LogP contribution < -0.4 is 15.4 Å². The van der Waals surface area contributed by atoms with E-state index in [1.165, 1.54) is 6.07 Å². The van der Waals surface area contributed by atoms with Crippen LogP contribution in [0.25, 0.3) is 0 Å². The number of nitro benzene ring substituents is 1. The minimum atomic E-state index is -0.494. The van der Waals surface area contributed by atoms with E-state index in [-0.39, 0.29) is 24.2 Å². The van der Waals surface area contributed by atoms with Crippen molar-refractivity contribution in [2.24, 2.45) is 0 Å². The van der Waals surface area contributed by atoms with Gasteiger partial charge >= 0.3 is 0 Å². The van der Waals surface area contributed by atoms with E-state index in [9.17, 15) is 14.9 Å². The third-order valence-corrected chi connectivity index (χ3v) is 3.60. The number of nitro groups is 1. The number of amides is 1. The van der Waals surface area contributed by atoms with Crippen LogP contribution in [0.5, 0.6) is 5.75 Å². The normalized spacial score (nSPS) is 10.2. The Bertz CT molecular complexity index is 903. The van der Waals surface area contributed by atoms with Crippen molar-refractivity contribution in [2.45, 2.75) is 26.9 Å². The lowest BCUT2D eigenvalue weighted by Crippen LogP contribution is -2.22. The molecular formula is C19H20N4O4. The molecule has 0 aliphatic rings. The number of carbonyl (C=O) groups excluding carboxylic acids is 1. The molecule has 0 unspecified atom stereocenters. The summed E-state index contributed by atoms with van der Waals surface area (Å²) in [5, 5.41) is 25.6. The van der Waals surface area contributed by atoms with Gasteiger partial charge in [-0.3, -0.25) is 14.9 Å². The molecule has 0 aliphatic heterocycles. The van der Waals surface area contributed by atoms with Gasteiger partial charge in [0.05, 0.1) is 34.9 Å². The molecule has 2 N–H and O–H groups in total. The van der Waals surface area contributed by atoms with Crippen LogP contribution in [-0.2, 0) is 4.79 Å². The number of nitrogens with zero attached hydrogens (tertiary/aromatic N) is 2. The lowest BCUT2D eigenvalue weighted by Gasteiger charge is -2.16. The van der Waals surface area contributed by atoms with Crippen LogP contribution >= 0.6 is 0 Å². The molecule has 0 bridgehead atoms. The summed E-state index contributed by atoms with van der Waals surface area (Å²) in [6.45, 7) is 5.28. The van der Waals surface area contributed by atoms with E-state index < -0.39 is 4.92 Å². The summed E-state index contributed by atoms with van der Waals surface area (Å²) in [6.07, 6.45) is -0.0691. The summed E-state index contributed by atoms with van der Waals surface area (Å²) in [5.41, 5.74) is 1.74. The van der Waals surface area contributed by atoms with Crippen molar-refractivity contribution in [2.75, 3.05) is 17.2 Å². The molecule has 8 nitrogen and oxygen atoms in total. The van der Waals surface area contributed by atoms with E-state index in [1.807, 2.05) is 19.9 Å². The van der Waals surface area contributed by atoms with Gasteiger partial charge in [-0.25, -0.2) is 0 Å². The van der Waals surface area contributed by atoms with Gasteiger partial charge in [0.15, 0.2) is 0 Å². The summed E-state index contributed by atoms with van der Waals surface area (Å²) < 4.78 is 5.67. The second kappa shape index (κ2) is 8.67. The smallest absolute Gasteiger partial charge is 0.274 e. The quantitative estimate of drug-likeness (QED) is 0.569. The largest absolute Gasteiger partial charge is 0.489 e. The highest BCUT2D eigenvalue weighted by Crippen LogP contribution is 2.27. The number of rotatable bonds is 7. The minimum Gasteiger partial charge on any atom is -0.489 e. The molecule has 0 heterocycles. The van der Waals surface area contributed by atoms with Gasteiger partial charge in [-0.05, 0) is 45.0 Å². The molecule has 1 amide bonds. The van der Waals surface area contributed by atoms with Crippen molar-refractivity contribution in [3.05, 3.63) is 57.6 Å². The third-order valence-electron chi connectivity index (χ3n) is 3.60. The van der Waals surface area contributed by atoms with Crippen LogP contribution in [0.1, 0.15) is 25.0 Å². The number of hydrogen-bond donors (Lipinski definition) is 2. The number of hydrogen-bond acceptors (Lipinski definition) is 6. The second-order valence-corrected chi connectivity index (χ2v) is 6.15. The predicted molar refractivity (Wildman–Crippen MR) is 102 cm³/mol. The van der Waals surface area contributed by atoms with Gasteiger partial charge in [0.1, 0.15) is 5.75 Å². The Balaban J connectivity index is 2.08. The number of anilines is 2. The number of benzene rings is 2. The molecule has 2 rings (SSSR count). The fraction of sp³-hybridized carbons (Fsp3) is 0.263. The Hall–Kier alpha value is -3.60. The van der Waals surface area contributed by atoms with E-state index in [2.05, 4.69) is 10.6 Å². The second-order valence-electron chi connectivity index (χ2n) is 6.15. The number of carbonyl (C=O) groups is 1. The van der Waals surface area contributed by atoms with Crippen molar-refractivity contribution in [1.29, 1.82) is 5.26 Å². The summed E-state index contributed by atoms with van der Waals surface area (Å²) in [6, 6.07) is 11.4. The van der Waals surface area contributed by atoms with Gasteiger partial charge in [0, 0.05) is 17.3 Å². The van der Waals surface area contributed by atoms with Crippen molar-refractivity contribution in [1.82, 2.24) is 0 Å². The van der Waals surface area contributed by atoms with Crippen molar-refractivity contribution in [3.63, 3.8) is 0 Å². The molecule has 140 valence electrons. The number of ether oxygens (including phenoxy) is 1. The monoisotopic (exact) mass is 368 g/mol. The molecule has 0 atom stereocenters. The molecule has 0 aliphatic carbocycles. The van der Waals surface area contributed by atoms with Gasteiger partial charge in [-0.15, -0.1) is 0 Å². The standard InChI is InChI=1S/C19H20N4O4/c1-12(2)27-18-7-5-14(10-20)8-16(18)21-11-19(24)22-15-6-4-13(3)17(9-15)23(25)26/h4-9,12,21H,11H2,1-3H3,(H,22,24). The molecule has 8 heteroatoms. The maximum Gasteiger partial charge on any atom is 0.274 e. The Morgan fingerprint density at radius 2 is 2.04 bits per heavy atom. The first-order valence-electron chi connectivity index (χ1n) is 8.29. The van der Waals surface area contributed by atoms with Crippen LogP contribution in [0, 0.1) is 28.4 Å². The third kappa shape index (κ3) is 5.44. The molecule has 0 saturated carbocycles. The Labute approximate surface area is 156 Å². The van der Waals surface area contributed by atoms with E-state index in [1.54, 1.807) is 37.3 Å². The molecule has 2 aromatic rings. The lowest BCUT2D eigenvalue weighted by molar-refractivity contribution is -0.385. The summed E-state index contributed by atoms with van der Waals surface area (Å²) in [7, 11) is 0. The first-order chi connectivity index (χ1) is 12.8. The fourth-order valence-electron chi connectivity index (χ4n) is 2.36. The van der Waals surface area contributed by atoms with Crippen molar-refractivity contribution in [3.8, 4) is 11.8 Å². The summed E-state index contributed by atoms with van der Waals surface area (Å²) >= 11 is 0. The predicted octanol–water partition coefficient (Wildman–Crippen LogP) is 3.61. The van der Waals surface area contributed by atoms with Crippen LogP contribution in [0.2, 0.25) is 0 Å². The van der Waals surface area contributed by atoms with E-state index >= 15 is 0 Å². The zero-order valence-corrected chi connectivity index (χ0v) is 15.3. The highest BCUT2D eigenvalue weighted by atomic mass is 16.6. The zero-order valence-electron chi connectivity index (χ0n) is 15.3. The molecular weight excluding hydrogens is 348 g/mol. The van der Waals surface area contributed by atoms with Gasteiger partial charge in [0.25, 0.3) is 5.69 Å². The highest BCUT2D eigenvalue weighted by molar-refractivity contribution is 5.94. The summed E-state index contributed by atoms with van der Waals surface area (Å²) in [4.78, 5) is 22.7. The zero-order chi connectivity index (χ0) is 20.0. The molecule has 0 fully saturated rings. The van der Waals surface area contributed by atoms with Gasteiger partial charge < -0.3 is 15.4 Å². The fourth-order valence-corrected chi connectivity index (χ4v) is 2.36. The maximum absolute atomic E-state index is 12.2. The first-order valence-corrected chi connectivity index (χ1v) is 8.29. The molecule has 0 saturated heterocycles. The number of nitriles is 1. The van der Waals surface area contributed by atoms with Crippen molar-refractivity contribution < 1.29 is 14.5 Å². The molecule has 27 heavy (non-hydrogen) atoms. The number of nitrogens with one attached hydrogen (secondary N) is 2. The van der Waals surface area contributed by atoms with Gasteiger partial charge in [-0.2, -0.15) is 5.26 Å². The average molecular weight is 368 g/mol. The highest BCUT2D eigenvalue weighted by Gasteiger charge is 2.13. The lowest BCUT2D eigenvalue weighted by atomic mass is 10.2. The topological polar surface area (TPSA) is 117 Å². The van der Waals surface area contributed by atoms with Gasteiger partial charge in [0.2, 0.25) is 5.91 Å². The molecule has 2 aromatic carbocycles. The van der Waals surface area contributed by atoms with Crippen LogP contribution in [0.15, 0.2) is 36.4 Å². The van der Waals surface area contributed by atoms with Crippen LogP contribution in [0.4, 0.5) is 17.1 Å². The van der Waals surface area contributed by atoms with Crippen LogP contribution in [0.3, 0.4) is 0 Å². The van der Waals surface area contributed by atoms with Crippen molar-refractivity contribution >= 4 is 23.0 Å². The SMILES string of the molecule is Cc1ccc(NC(=O)CNc2cc(C#N)ccc2OC(C)C)cc1[N+](=O)[O-]. The maximum atomic E-state index is 12.2. The van der Waals surface area contributed by atoms with Gasteiger partial charge in [-0.1, -0.05) is 6.07 Å². The number of aryl methyl sites for hydroxylation is 1.